The Morgan fingerprint density at radius 1 is 1.29 bits per heavy atom. The first kappa shape index (κ1) is 16.1. The molecule has 1 unspecified atom stereocenters. The zero-order valence-corrected chi connectivity index (χ0v) is 13.1. The summed E-state index contributed by atoms with van der Waals surface area (Å²) in [5, 5.41) is 10.0. The first-order valence-corrected chi connectivity index (χ1v) is 8.44. The van der Waals surface area contributed by atoms with Gasteiger partial charge in [-0.15, -0.1) is 0 Å². The first-order chi connectivity index (χ1) is 9.84. The van der Waals surface area contributed by atoms with Crippen molar-refractivity contribution in [3.8, 4) is 11.5 Å². The predicted octanol–water partition coefficient (Wildman–Crippen LogP) is 1.29. The van der Waals surface area contributed by atoms with Gasteiger partial charge in [0.15, 0.2) is 11.5 Å². The van der Waals surface area contributed by atoms with Crippen LogP contribution in [0.3, 0.4) is 0 Å². The van der Waals surface area contributed by atoms with Gasteiger partial charge in [-0.1, -0.05) is 13.3 Å². The van der Waals surface area contributed by atoms with Crippen LogP contribution >= 0.6 is 0 Å². The number of hydrogen-bond donors (Lipinski definition) is 2. The maximum Gasteiger partial charge on any atom is 0.240 e. The molecule has 0 bridgehead atoms. The van der Waals surface area contributed by atoms with E-state index in [-0.39, 0.29) is 11.4 Å². The van der Waals surface area contributed by atoms with Gasteiger partial charge in [-0.2, -0.15) is 0 Å². The Hall–Kier alpha value is -1.31. The highest BCUT2D eigenvalue weighted by Gasteiger charge is 2.24. The maximum atomic E-state index is 12.3. The number of nitrogens with one attached hydrogen (secondary N) is 1. The van der Waals surface area contributed by atoms with E-state index in [2.05, 4.69) is 4.72 Å². The maximum absolute atomic E-state index is 12.3. The Bertz CT molecular complexity index is 597. The van der Waals surface area contributed by atoms with Crippen LogP contribution in [0.2, 0.25) is 0 Å². The Morgan fingerprint density at radius 3 is 2.62 bits per heavy atom. The van der Waals surface area contributed by atoms with Crippen molar-refractivity contribution in [3.63, 3.8) is 0 Å². The highest BCUT2D eigenvalue weighted by atomic mass is 32.2. The molecule has 0 saturated heterocycles. The molecule has 2 N–H and O–H groups in total. The number of rotatable bonds is 6. The summed E-state index contributed by atoms with van der Waals surface area (Å²) in [5.41, 5.74) is -1.06. The second-order valence-corrected chi connectivity index (χ2v) is 7.14. The number of benzene rings is 1. The van der Waals surface area contributed by atoms with Crippen LogP contribution in [0.4, 0.5) is 0 Å². The van der Waals surface area contributed by atoms with Crippen LogP contribution in [0, 0.1) is 0 Å². The molecule has 1 aliphatic heterocycles. The summed E-state index contributed by atoms with van der Waals surface area (Å²) in [5.74, 6) is 0.961. The molecule has 7 heteroatoms. The van der Waals surface area contributed by atoms with E-state index in [9.17, 15) is 13.5 Å². The molecule has 118 valence electrons. The normalized spacial score (nSPS) is 17.3. The zero-order valence-electron chi connectivity index (χ0n) is 12.3. The average molecular weight is 315 g/mol. The van der Waals surface area contributed by atoms with Crippen molar-refractivity contribution in [2.75, 3.05) is 19.8 Å². The zero-order chi connectivity index (χ0) is 15.5. The third kappa shape index (κ3) is 4.09. The van der Waals surface area contributed by atoms with Crippen LogP contribution in [0.1, 0.15) is 26.7 Å². The molecule has 0 amide bonds. The second kappa shape index (κ2) is 6.21. The van der Waals surface area contributed by atoms with Crippen LogP contribution in [0.15, 0.2) is 23.1 Å². The van der Waals surface area contributed by atoms with Crippen molar-refractivity contribution in [2.45, 2.75) is 37.2 Å². The molecule has 0 spiro atoms. The van der Waals surface area contributed by atoms with Crippen molar-refractivity contribution in [2.24, 2.45) is 0 Å². The molecular formula is C14H21NO5S. The molecule has 2 rings (SSSR count). The van der Waals surface area contributed by atoms with Crippen molar-refractivity contribution in [3.05, 3.63) is 18.2 Å². The lowest BCUT2D eigenvalue weighted by molar-refractivity contribution is 0.0554. The SMILES string of the molecule is CCCC(C)(O)CNS(=O)(=O)c1ccc2c(c1)OCCO2. The van der Waals surface area contributed by atoms with E-state index < -0.39 is 15.6 Å². The van der Waals surface area contributed by atoms with Crippen molar-refractivity contribution in [1.82, 2.24) is 4.72 Å². The van der Waals surface area contributed by atoms with Crippen molar-refractivity contribution >= 4 is 10.0 Å². The van der Waals surface area contributed by atoms with Gasteiger partial charge >= 0.3 is 0 Å². The molecule has 1 heterocycles. The van der Waals surface area contributed by atoms with Gasteiger partial charge in [0.05, 0.1) is 10.5 Å². The monoisotopic (exact) mass is 315 g/mol. The van der Waals surface area contributed by atoms with Crippen LogP contribution in [-0.2, 0) is 10.0 Å². The molecular weight excluding hydrogens is 294 g/mol. The summed E-state index contributed by atoms with van der Waals surface area (Å²) >= 11 is 0. The molecule has 0 aliphatic carbocycles. The lowest BCUT2D eigenvalue weighted by atomic mass is 10.0. The van der Waals surface area contributed by atoms with Crippen LogP contribution in [-0.4, -0.2) is 38.9 Å². The number of aliphatic hydroxyl groups is 1. The molecule has 0 aromatic heterocycles. The van der Waals surface area contributed by atoms with Crippen LogP contribution in [0.25, 0.3) is 0 Å². The molecule has 1 atom stereocenters. The van der Waals surface area contributed by atoms with Gasteiger partial charge < -0.3 is 14.6 Å². The minimum atomic E-state index is -3.69. The fraction of sp³-hybridized carbons (Fsp3) is 0.571. The molecule has 1 aliphatic rings. The quantitative estimate of drug-likeness (QED) is 0.826. The number of ether oxygens (including phenoxy) is 2. The molecule has 6 nitrogen and oxygen atoms in total. The van der Waals surface area contributed by atoms with E-state index in [1.54, 1.807) is 13.0 Å². The Kier molecular flexibility index (Phi) is 4.75. The van der Waals surface area contributed by atoms with E-state index in [1.165, 1.54) is 12.1 Å². The lowest BCUT2D eigenvalue weighted by Gasteiger charge is -2.23. The van der Waals surface area contributed by atoms with Gasteiger partial charge in [0.25, 0.3) is 0 Å². The Balaban J connectivity index is 2.12. The summed E-state index contributed by atoms with van der Waals surface area (Å²) < 4.78 is 37.7. The van der Waals surface area contributed by atoms with Gasteiger partial charge in [-0.3, -0.25) is 0 Å². The van der Waals surface area contributed by atoms with Crippen molar-refractivity contribution in [1.29, 1.82) is 0 Å². The van der Waals surface area contributed by atoms with Crippen LogP contribution < -0.4 is 14.2 Å². The third-order valence-corrected chi connectivity index (χ3v) is 4.65. The Morgan fingerprint density at radius 2 is 1.95 bits per heavy atom. The molecule has 1 aromatic rings. The summed E-state index contributed by atoms with van der Waals surface area (Å²) in [6, 6.07) is 4.48. The second-order valence-electron chi connectivity index (χ2n) is 5.38. The van der Waals surface area contributed by atoms with E-state index in [0.717, 1.165) is 6.42 Å². The standard InChI is InChI=1S/C14H21NO5S/c1-3-6-14(2,16)10-15-21(17,18)11-4-5-12-13(9-11)20-8-7-19-12/h4-5,9,15-16H,3,6-8,10H2,1-2H3. The van der Waals surface area contributed by atoms with Gasteiger partial charge in [0, 0.05) is 12.6 Å². The average Bonchev–Trinajstić information content (AvgIpc) is 2.45. The minimum absolute atomic E-state index is 0.0301. The summed E-state index contributed by atoms with van der Waals surface area (Å²) in [6.07, 6.45) is 1.30. The molecule has 21 heavy (non-hydrogen) atoms. The highest BCUT2D eigenvalue weighted by Crippen LogP contribution is 2.32. The number of sulfonamides is 1. The summed E-state index contributed by atoms with van der Waals surface area (Å²) in [4.78, 5) is 0.0963. The lowest BCUT2D eigenvalue weighted by Crippen LogP contribution is -2.40. The smallest absolute Gasteiger partial charge is 0.240 e. The fourth-order valence-corrected chi connectivity index (χ4v) is 3.33. The van der Waals surface area contributed by atoms with Gasteiger partial charge in [0.2, 0.25) is 10.0 Å². The largest absolute Gasteiger partial charge is 0.486 e. The van der Waals surface area contributed by atoms with E-state index in [1.807, 2.05) is 6.92 Å². The Labute approximate surface area is 125 Å². The van der Waals surface area contributed by atoms with Gasteiger partial charge in [-0.25, -0.2) is 13.1 Å². The van der Waals surface area contributed by atoms with Crippen molar-refractivity contribution < 1.29 is 23.0 Å². The van der Waals surface area contributed by atoms with Crippen LogP contribution in [0.5, 0.6) is 11.5 Å². The topological polar surface area (TPSA) is 84.9 Å². The minimum Gasteiger partial charge on any atom is -0.486 e. The molecule has 0 saturated carbocycles. The summed E-state index contributed by atoms with van der Waals surface area (Å²) in [7, 11) is -3.69. The molecule has 0 radical (unpaired) electrons. The van der Waals surface area contributed by atoms with E-state index in [4.69, 9.17) is 9.47 Å². The van der Waals surface area contributed by atoms with E-state index >= 15 is 0 Å². The highest BCUT2D eigenvalue weighted by molar-refractivity contribution is 7.89. The predicted molar refractivity (Wildman–Crippen MR) is 78.2 cm³/mol. The van der Waals surface area contributed by atoms with Gasteiger partial charge in [0.1, 0.15) is 13.2 Å². The van der Waals surface area contributed by atoms with Gasteiger partial charge in [-0.05, 0) is 25.5 Å². The number of fused-ring (bicyclic) bond motifs is 1. The number of hydrogen-bond acceptors (Lipinski definition) is 5. The fourth-order valence-electron chi connectivity index (χ4n) is 2.15. The molecule has 0 fully saturated rings. The first-order valence-electron chi connectivity index (χ1n) is 6.96. The van der Waals surface area contributed by atoms with E-state index in [0.29, 0.717) is 31.1 Å². The summed E-state index contributed by atoms with van der Waals surface area (Å²) in [6.45, 7) is 4.37. The molecule has 1 aromatic carbocycles. The third-order valence-electron chi connectivity index (χ3n) is 3.26.